The molecular formula is C9H13N3O3. The Balaban J connectivity index is 2.70. The van der Waals surface area contributed by atoms with Gasteiger partial charge >= 0.3 is 0 Å². The lowest BCUT2D eigenvalue weighted by atomic mass is 10.3. The monoisotopic (exact) mass is 211 g/mol. The molecule has 0 bridgehead atoms. The first-order valence-electron chi connectivity index (χ1n) is 4.59. The van der Waals surface area contributed by atoms with Crippen molar-refractivity contribution in [3.05, 3.63) is 27.9 Å². The molecule has 0 atom stereocenters. The van der Waals surface area contributed by atoms with Crippen molar-refractivity contribution in [1.82, 2.24) is 4.98 Å². The number of nitrogens with zero attached hydrogens (tertiary/aromatic N) is 2. The van der Waals surface area contributed by atoms with Gasteiger partial charge in [0.25, 0.3) is 5.69 Å². The van der Waals surface area contributed by atoms with Gasteiger partial charge in [-0.1, -0.05) is 0 Å². The van der Waals surface area contributed by atoms with Crippen LogP contribution in [0.1, 0.15) is 12.0 Å². The Kier molecular flexibility index (Phi) is 3.99. The van der Waals surface area contributed by atoms with Crippen LogP contribution in [0, 0.1) is 17.0 Å². The number of hydrogen-bond acceptors (Lipinski definition) is 5. The molecule has 6 heteroatoms. The third-order valence-corrected chi connectivity index (χ3v) is 1.81. The topological polar surface area (TPSA) is 91.3 Å². The second-order valence-corrected chi connectivity index (χ2v) is 3.06. The minimum absolute atomic E-state index is 0.0290. The van der Waals surface area contributed by atoms with Crippen molar-refractivity contribution < 1.29 is 9.66 Å². The third-order valence-electron chi connectivity index (χ3n) is 1.81. The SMILES string of the molecule is Cc1cc([N+](=O)[O-])cnc1OCCCN. The van der Waals surface area contributed by atoms with Crippen molar-refractivity contribution in [3.8, 4) is 5.88 Å². The smallest absolute Gasteiger partial charge is 0.288 e. The van der Waals surface area contributed by atoms with Crippen LogP contribution in [-0.4, -0.2) is 23.1 Å². The van der Waals surface area contributed by atoms with Gasteiger partial charge in [0.1, 0.15) is 6.20 Å². The van der Waals surface area contributed by atoms with Crippen molar-refractivity contribution in [2.45, 2.75) is 13.3 Å². The summed E-state index contributed by atoms with van der Waals surface area (Å²) in [4.78, 5) is 13.8. The number of pyridine rings is 1. The van der Waals surface area contributed by atoms with Crippen LogP contribution in [0.3, 0.4) is 0 Å². The molecule has 1 rings (SSSR count). The summed E-state index contributed by atoms with van der Waals surface area (Å²) in [5.74, 6) is 0.425. The Labute approximate surface area is 87.2 Å². The van der Waals surface area contributed by atoms with Gasteiger partial charge in [-0.25, -0.2) is 4.98 Å². The van der Waals surface area contributed by atoms with Crippen LogP contribution < -0.4 is 10.5 Å². The first-order valence-corrected chi connectivity index (χ1v) is 4.59. The van der Waals surface area contributed by atoms with Crippen molar-refractivity contribution in [2.24, 2.45) is 5.73 Å². The van der Waals surface area contributed by atoms with E-state index >= 15 is 0 Å². The fraction of sp³-hybridized carbons (Fsp3) is 0.444. The van der Waals surface area contributed by atoms with E-state index < -0.39 is 4.92 Å². The number of aromatic nitrogens is 1. The summed E-state index contributed by atoms with van der Waals surface area (Å²) in [5.41, 5.74) is 5.93. The molecule has 0 saturated carbocycles. The van der Waals surface area contributed by atoms with Crippen molar-refractivity contribution in [3.63, 3.8) is 0 Å². The molecule has 0 aliphatic heterocycles. The Morgan fingerprint density at radius 3 is 2.93 bits per heavy atom. The number of rotatable bonds is 5. The van der Waals surface area contributed by atoms with E-state index in [0.717, 1.165) is 6.42 Å². The van der Waals surface area contributed by atoms with E-state index in [-0.39, 0.29) is 5.69 Å². The second-order valence-electron chi connectivity index (χ2n) is 3.06. The second kappa shape index (κ2) is 5.26. The van der Waals surface area contributed by atoms with Crippen LogP contribution in [0.2, 0.25) is 0 Å². The van der Waals surface area contributed by atoms with Gasteiger partial charge in [-0.05, 0) is 19.9 Å². The lowest BCUT2D eigenvalue weighted by molar-refractivity contribution is -0.385. The summed E-state index contributed by atoms with van der Waals surface area (Å²) in [5, 5.41) is 10.4. The normalized spacial score (nSPS) is 10.0. The maximum Gasteiger partial charge on any atom is 0.288 e. The van der Waals surface area contributed by atoms with E-state index in [1.54, 1.807) is 6.92 Å². The molecule has 0 radical (unpaired) electrons. The molecule has 82 valence electrons. The lowest BCUT2D eigenvalue weighted by Crippen LogP contribution is -2.07. The van der Waals surface area contributed by atoms with Crippen LogP contribution in [0.15, 0.2) is 12.3 Å². The first-order chi connectivity index (χ1) is 7.15. The quantitative estimate of drug-likeness (QED) is 0.446. The summed E-state index contributed by atoms with van der Waals surface area (Å²) >= 11 is 0. The highest BCUT2D eigenvalue weighted by Crippen LogP contribution is 2.19. The van der Waals surface area contributed by atoms with Crippen LogP contribution >= 0.6 is 0 Å². The van der Waals surface area contributed by atoms with Gasteiger partial charge in [-0.15, -0.1) is 0 Å². The van der Waals surface area contributed by atoms with E-state index in [1.807, 2.05) is 0 Å². The number of aryl methyl sites for hydroxylation is 1. The van der Waals surface area contributed by atoms with Gasteiger partial charge in [0.15, 0.2) is 0 Å². The van der Waals surface area contributed by atoms with Crippen molar-refractivity contribution in [2.75, 3.05) is 13.2 Å². The molecule has 0 aromatic carbocycles. The maximum absolute atomic E-state index is 10.4. The minimum atomic E-state index is -0.482. The minimum Gasteiger partial charge on any atom is -0.477 e. The Hall–Kier alpha value is -1.69. The first kappa shape index (κ1) is 11.4. The molecule has 0 spiro atoms. The van der Waals surface area contributed by atoms with Gasteiger partial charge < -0.3 is 10.5 Å². The van der Waals surface area contributed by atoms with Crippen LogP contribution in [0.25, 0.3) is 0 Å². The maximum atomic E-state index is 10.4. The fourth-order valence-corrected chi connectivity index (χ4v) is 1.05. The molecule has 0 aliphatic carbocycles. The molecule has 15 heavy (non-hydrogen) atoms. The van der Waals surface area contributed by atoms with Gasteiger partial charge in [0.05, 0.1) is 11.5 Å². The molecule has 1 heterocycles. The number of ether oxygens (including phenoxy) is 1. The summed E-state index contributed by atoms with van der Waals surface area (Å²) in [6.45, 7) is 2.74. The molecule has 1 aromatic heterocycles. The Morgan fingerprint density at radius 2 is 2.40 bits per heavy atom. The van der Waals surface area contributed by atoms with E-state index in [9.17, 15) is 10.1 Å². The molecule has 0 saturated heterocycles. The van der Waals surface area contributed by atoms with Gasteiger partial charge in [-0.2, -0.15) is 0 Å². The summed E-state index contributed by atoms with van der Waals surface area (Å²) in [6, 6.07) is 1.44. The average Bonchev–Trinajstić information content (AvgIpc) is 2.20. The largest absolute Gasteiger partial charge is 0.477 e. The summed E-state index contributed by atoms with van der Waals surface area (Å²) in [6.07, 6.45) is 1.92. The zero-order valence-corrected chi connectivity index (χ0v) is 8.47. The third kappa shape index (κ3) is 3.17. The van der Waals surface area contributed by atoms with Crippen LogP contribution in [0.4, 0.5) is 5.69 Å². The lowest BCUT2D eigenvalue weighted by Gasteiger charge is -2.06. The van der Waals surface area contributed by atoms with Crippen molar-refractivity contribution >= 4 is 5.69 Å². The van der Waals surface area contributed by atoms with E-state index in [4.69, 9.17) is 10.5 Å². The standard InChI is InChI=1S/C9H13N3O3/c1-7-5-8(12(13)14)6-11-9(7)15-4-2-3-10/h5-6H,2-4,10H2,1H3. The molecular weight excluding hydrogens is 198 g/mol. The van der Waals surface area contributed by atoms with Gasteiger partial charge in [0, 0.05) is 11.6 Å². The van der Waals surface area contributed by atoms with Gasteiger partial charge in [-0.3, -0.25) is 10.1 Å². The molecule has 0 amide bonds. The van der Waals surface area contributed by atoms with E-state index in [1.165, 1.54) is 12.3 Å². The highest BCUT2D eigenvalue weighted by atomic mass is 16.6. The zero-order chi connectivity index (χ0) is 11.3. The highest BCUT2D eigenvalue weighted by molar-refractivity contribution is 5.36. The Morgan fingerprint density at radius 1 is 1.67 bits per heavy atom. The molecule has 0 fully saturated rings. The highest BCUT2D eigenvalue weighted by Gasteiger charge is 2.09. The summed E-state index contributed by atoms with van der Waals surface area (Å²) in [7, 11) is 0. The number of hydrogen-bond donors (Lipinski definition) is 1. The molecule has 0 aliphatic rings. The van der Waals surface area contributed by atoms with Crippen LogP contribution in [-0.2, 0) is 0 Å². The zero-order valence-electron chi connectivity index (χ0n) is 8.47. The van der Waals surface area contributed by atoms with Crippen LogP contribution in [0.5, 0.6) is 5.88 Å². The number of nitrogens with two attached hydrogens (primary N) is 1. The number of nitro groups is 1. The predicted molar refractivity (Wildman–Crippen MR) is 54.8 cm³/mol. The molecule has 1 aromatic rings. The van der Waals surface area contributed by atoms with E-state index in [2.05, 4.69) is 4.98 Å². The Bertz CT molecular complexity index is 354. The predicted octanol–water partition coefficient (Wildman–Crippen LogP) is 1.03. The van der Waals surface area contributed by atoms with Crippen molar-refractivity contribution in [1.29, 1.82) is 0 Å². The van der Waals surface area contributed by atoms with E-state index in [0.29, 0.717) is 24.6 Å². The average molecular weight is 211 g/mol. The fourth-order valence-electron chi connectivity index (χ4n) is 1.05. The molecule has 6 nitrogen and oxygen atoms in total. The molecule has 0 unspecified atom stereocenters. The molecule has 2 N–H and O–H groups in total. The summed E-state index contributed by atoms with van der Waals surface area (Å²) < 4.78 is 5.30. The van der Waals surface area contributed by atoms with Gasteiger partial charge in [0.2, 0.25) is 5.88 Å².